The minimum absolute atomic E-state index is 0.0370. The maximum atomic E-state index is 12.3. The summed E-state index contributed by atoms with van der Waals surface area (Å²) < 4.78 is 1.70. The Morgan fingerprint density at radius 1 is 1.37 bits per heavy atom. The molecule has 0 aliphatic heterocycles. The molecular formula is C19H29N7O. The lowest BCUT2D eigenvalue weighted by molar-refractivity contribution is -0.127. The Morgan fingerprint density at radius 2 is 2.15 bits per heavy atom. The number of aromatic amines is 1. The van der Waals surface area contributed by atoms with Gasteiger partial charge < -0.3 is 5.32 Å². The summed E-state index contributed by atoms with van der Waals surface area (Å²) in [5.74, 6) is 7.03. The molecule has 0 saturated heterocycles. The van der Waals surface area contributed by atoms with Gasteiger partial charge in [-0.25, -0.2) is 4.68 Å². The standard InChI is InChI=1S/C19H29N7O/c1-15(25(5)16(2)24(3)4)19(27)20-11-8-6-7-10-17-14-21-23-18(17)26-13-9-12-22-26/h9,12-16H,6,8,11H2,1-5H3,(H,20,27)(H,21,23)/t15-,16?/m0/s1. The fraction of sp³-hybridized carbons (Fsp3) is 0.526. The van der Waals surface area contributed by atoms with E-state index in [0.717, 1.165) is 17.8 Å². The second-order valence-electron chi connectivity index (χ2n) is 6.72. The summed E-state index contributed by atoms with van der Waals surface area (Å²) in [6, 6.07) is 1.66. The van der Waals surface area contributed by atoms with E-state index < -0.39 is 0 Å². The van der Waals surface area contributed by atoms with E-state index in [9.17, 15) is 4.79 Å². The highest BCUT2D eigenvalue weighted by Gasteiger charge is 2.22. The van der Waals surface area contributed by atoms with Crippen molar-refractivity contribution in [3.8, 4) is 17.7 Å². The van der Waals surface area contributed by atoms with Crippen molar-refractivity contribution in [1.29, 1.82) is 0 Å². The van der Waals surface area contributed by atoms with Crippen molar-refractivity contribution in [3.05, 3.63) is 30.2 Å². The number of aromatic nitrogens is 4. The van der Waals surface area contributed by atoms with E-state index in [1.54, 1.807) is 17.1 Å². The van der Waals surface area contributed by atoms with E-state index >= 15 is 0 Å². The molecule has 2 rings (SSSR count). The number of hydrogen-bond acceptors (Lipinski definition) is 5. The third-order valence-electron chi connectivity index (χ3n) is 4.68. The molecule has 2 N–H and O–H groups in total. The van der Waals surface area contributed by atoms with Crippen molar-refractivity contribution < 1.29 is 4.79 Å². The molecule has 0 aliphatic rings. The molecule has 0 bridgehead atoms. The smallest absolute Gasteiger partial charge is 0.237 e. The third-order valence-corrected chi connectivity index (χ3v) is 4.68. The molecule has 0 radical (unpaired) electrons. The molecule has 0 spiro atoms. The van der Waals surface area contributed by atoms with E-state index in [0.29, 0.717) is 13.0 Å². The fourth-order valence-corrected chi connectivity index (χ4v) is 2.51. The number of hydrogen-bond donors (Lipinski definition) is 2. The van der Waals surface area contributed by atoms with Gasteiger partial charge in [0.25, 0.3) is 0 Å². The molecule has 0 aromatic carbocycles. The van der Waals surface area contributed by atoms with Crippen LogP contribution in [0.3, 0.4) is 0 Å². The molecule has 146 valence electrons. The second kappa shape index (κ2) is 9.90. The molecule has 27 heavy (non-hydrogen) atoms. The summed E-state index contributed by atoms with van der Waals surface area (Å²) in [6.07, 6.45) is 6.92. The van der Waals surface area contributed by atoms with Crippen molar-refractivity contribution >= 4 is 5.91 Å². The van der Waals surface area contributed by atoms with Crippen LogP contribution < -0.4 is 5.32 Å². The quantitative estimate of drug-likeness (QED) is 0.412. The Hall–Kier alpha value is -2.63. The average Bonchev–Trinajstić information content (AvgIpc) is 3.33. The summed E-state index contributed by atoms with van der Waals surface area (Å²) in [5.41, 5.74) is 0.802. The van der Waals surface area contributed by atoms with Gasteiger partial charge in [-0.1, -0.05) is 11.8 Å². The van der Waals surface area contributed by atoms with Crippen LogP contribution in [0, 0.1) is 11.8 Å². The monoisotopic (exact) mass is 371 g/mol. The second-order valence-corrected chi connectivity index (χ2v) is 6.72. The highest BCUT2D eigenvalue weighted by atomic mass is 16.2. The van der Waals surface area contributed by atoms with Gasteiger partial charge in [0.05, 0.1) is 24.0 Å². The molecule has 0 aliphatic carbocycles. The average molecular weight is 371 g/mol. The Labute approximate surface area is 160 Å². The summed E-state index contributed by atoms with van der Waals surface area (Å²) in [4.78, 5) is 16.4. The van der Waals surface area contributed by atoms with Gasteiger partial charge in [0, 0.05) is 25.4 Å². The maximum Gasteiger partial charge on any atom is 0.237 e. The molecule has 2 atom stereocenters. The summed E-state index contributed by atoms with van der Waals surface area (Å²) in [5, 5.41) is 14.1. The maximum absolute atomic E-state index is 12.3. The molecule has 0 saturated carbocycles. The zero-order valence-corrected chi connectivity index (χ0v) is 16.7. The molecule has 8 heteroatoms. The third kappa shape index (κ3) is 5.67. The zero-order valence-electron chi connectivity index (χ0n) is 16.7. The Bertz CT molecular complexity index is 770. The van der Waals surface area contributed by atoms with Crippen LogP contribution in [-0.2, 0) is 4.79 Å². The number of likely N-dealkylation sites (N-methyl/N-ethyl adjacent to an activating group) is 1. The van der Waals surface area contributed by atoms with Crippen LogP contribution in [0.5, 0.6) is 0 Å². The van der Waals surface area contributed by atoms with Crippen molar-refractivity contribution in [2.45, 2.75) is 38.9 Å². The molecule has 0 fully saturated rings. The van der Waals surface area contributed by atoms with Crippen LogP contribution in [0.15, 0.2) is 24.7 Å². The Morgan fingerprint density at radius 3 is 2.81 bits per heavy atom. The predicted octanol–water partition coefficient (Wildman–Crippen LogP) is 1.07. The minimum Gasteiger partial charge on any atom is -0.355 e. The highest BCUT2D eigenvalue weighted by molar-refractivity contribution is 5.81. The Balaban J connectivity index is 1.75. The zero-order chi connectivity index (χ0) is 19.8. The van der Waals surface area contributed by atoms with E-state index in [1.807, 2.05) is 45.2 Å². The normalized spacial score (nSPS) is 13.3. The van der Waals surface area contributed by atoms with Gasteiger partial charge >= 0.3 is 0 Å². The first kappa shape index (κ1) is 20.7. The number of unbranched alkanes of at least 4 members (excludes halogenated alkanes) is 1. The van der Waals surface area contributed by atoms with Gasteiger partial charge in [-0.2, -0.15) is 10.2 Å². The summed E-state index contributed by atoms with van der Waals surface area (Å²) in [7, 11) is 5.97. The number of nitrogens with one attached hydrogen (secondary N) is 2. The van der Waals surface area contributed by atoms with Gasteiger partial charge in [0.1, 0.15) is 0 Å². The molecule has 2 aromatic rings. The van der Waals surface area contributed by atoms with Crippen LogP contribution >= 0.6 is 0 Å². The van der Waals surface area contributed by atoms with Gasteiger partial charge in [0.15, 0.2) is 5.82 Å². The SMILES string of the molecule is CC(N(C)C)N(C)[C@@H](C)C(=O)NCCCC#Cc1cn[nH]c1-n1cccn1. The fourth-order valence-electron chi connectivity index (χ4n) is 2.51. The van der Waals surface area contributed by atoms with Crippen molar-refractivity contribution in [3.63, 3.8) is 0 Å². The van der Waals surface area contributed by atoms with Crippen LogP contribution in [0.2, 0.25) is 0 Å². The van der Waals surface area contributed by atoms with E-state index in [2.05, 4.69) is 44.3 Å². The largest absolute Gasteiger partial charge is 0.355 e. The lowest BCUT2D eigenvalue weighted by Crippen LogP contribution is -2.51. The van der Waals surface area contributed by atoms with Gasteiger partial charge in [0.2, 0.25) is 5.91 Å². The van der Waals surface area contributed by atoms with E-state index in [4.69, 9.17) is 0 Å². The first-order valence-corrected chi connectivity index (χ1v) is 9.10. The van der Waals surface area contributed by atoms with Crippen LogP contribution in [0.4, 0.5) is 0 Å². The predicted molar refractivity (Wildman–Crippen MR) is 105 cm³/mol. The molecule has 1 amide bonds. The molecule has 2 aromatic heterocycles. The topological polar surface area (TPSA) is 82.1 Å². The lowest BCUT2D eigenvalue weighted by atomic mass is 10.2. The molecular weight excluding hydrogens is 342 g/mol. The van der Waals surface area contributed by atoms with Gasteiger partial charge in [-0.15, -0.1) is 0 Å². The van der Waals surface area contributed by atoms with Crippen molar-refractivity contribution in [2.24, 2.45) is 0 Å². The molecule has 2 heterocycles. The first-order valence-electron chi connectivity index (χ1n) is 9.10. The van der Waals surface area contributed by atoms with Crippen LogP contribution in [0.1, 0.15) is 32.3 Å². The number of nitrogens with zero attached hydrogens (tertiary/aromatic N) is 5. The highest BCUT2D eigenvalue weighted by Crippen LogP contribution is 2.08. The van der Waals surface area contributed by atoms with Crippen LogP contribution in [0.25, 0.3) is 5.82 Å². The van der Waals surface area contributed by atoms with E-state index in [1.165, 1.54) is 0 Å². The summed E-state index contributed by atoms with van der Waals surface area (Å²) >= 11 is 0. The summed E-state index contributed by atoms with van der Waals surface area (Å²) in [6.45, 7) is 4.61. The molecule has 1 unspecified atom stereocenters. The van der Waals surface area contributed by atoms with Gasteiger partial charge in [-0.05, 0) is 47.5 Å². The van der Waals surface area contributed by atoms with Crippen molar-refractivity contribution in [1.82, 2.24) is 35.1 Å². The number of rotatable bonds is 8. The molecule has 8 nitrogen and oxygen atoms in total. The lowest BCUT2D eigenvalue weighted by Gasteiger charge is -2.33. The minimum atomic E-state index is -0.184. The number of carbonyl (C=O) groups is 1. The van der Waals surface area contributed by atoms with Gasteiger partial charge in [-0.3, -0.25) is 19.7 Å². The van der Waals surface area contributed by atoms with Crippen molar-refractivity contribution in [2.75, 3.05) is 27.7 Å². The Kier molecular flexibility index (Phi) is 7.58. The number of amides is 1. The number of H-pyrrole nitrogens is 1. The van der Waals surface area contributed by atoms with E-state index in [-0.39, 0.29) is 18.1 Å². The number of carbonyl (C=O) groups excluding carboxylic acids is 1. The first-order chi connectivity index (χ1) is 12.9. The van der Waals surface area contributed by atoms with Crippen LogP contribution in [-0.4, -0.2) is 75.6 Å².